The minimum atomic E-state index is -3.82. The van der Waals surface area contributed by atoms with E-state index in [1.54, 1.807) is 30.3 Å². The maximum absolute atomic E-state index is 12.7. The molecule has 0 bridgehead atoms. The molecule has 5 nitrogen and oxygen atoms in total. The van der Waals surface area contributed by atoms with E-state index in [0.29, 0.717) is 16.9 Å². The largest absolute Gasteiger partial charge is 0.506 e. The van der Waals surface area contributed by atoms with Crippen molar-refractivity contribution in [3.63, 3.8) is 0 Å². The number of methoxy groups -OCH3 is 1. The lowest BCUT2D eigenvalue weighted by molar-refractivity contribution is 0.416. The summed E-state index contributed by atoms with van der Waals surface area (Å²) in [7, 11) is -2.29. The standard InChI is InChI=1S/C23H18ClNO4S/c1-29-21-12-11-15-7-5-6-10-18(15)22(21)19-13-16(14-20(24)23(19)26)25-30(27,28)17-8-3-2-4-9-17/h2-14,25-26H,1H3. The summed E-state index contributed by atoms with van der Waals surface area (Å²) in [5, 5.41) is 12.5. The molecule has 4 aromatic carbocycles. The van der Waals surface area contributed by atoms with E-state index in [0.717, 1.165) is 10.8 Å². The third kappa shape index (κ3) is 3.67. The normalized spacial score (nSPS) is 11.4. The van der Waals surface area contributed by atoms with Crippen LogP contribution >= 0.6 is 11.6 Å². The zero-order valence-corrected chi connectivity index (χ0v) is 17.5. The molecule has 4 rings (SSSR count). The van der Waals surface area contributed by atoms with E-state index >= 15 is 0 Å². The van der Waals surface area contributed by atoms with Crippen molar-refractivity contribution >= 4 is 38.1 Å². The number of fused-ring (bicyclic) bond motifs is 1. The lowest BCUT2D eigenvalue weighted by atomic mass is 9.96. The summed E-state index contributed by atoms with van der Waals surface area (Å²) in [5.41, 5.74) is 1.21. The number of halogens is 1. The van der Waals surface area contributed by atoms with Crippen LogP contribution in [0.3, 0.4) is 0 Å². The molecule has 4 aromatic rings. The van der Waals surface area contributed by atoms with Gasteiger partial charge in [0.15, 0.2) is 0 Å². The van der Waals surface area contributed by atoms with E-state index in [1.165, 1.54) is 25.3 Å². The Hall–Kier alpha value is -3.22. The summed E-state index contributed by atoms with van der Waals surface area (Å²) in [6, 6.07) is 22.3. The number of benzene rings is 4. The third-order valence-corrected chi connectivity index (χ3v) is 6.43. The van der Waals surface area contributed by atoms with Crippen LogP contribution in [0.25, 0.3) is 21.9 Å². The predicted octanol–water partition coefficient (Wildman–Crippen LogP) is 5.68. The van der Waals surface area contributed by atoms with Crippen molar-refractivity contribution in [2.24, 2.45) is 0 Å². The van der Waals surface area contributed by atoms with Gasteiger partial charge in [0.1, 0.15) is 11.5 Å². The topological polar surface area (TPSA) is 75.6 Å². The van der Waals surface area contributed by atoms with Crippen LogP contribution in [0.2, 0.25) is 5.02 Å². The molecule has 0 fully saturated rings. The first-order valence-electron chi connectivity index (χ1n) is 9.07. The first-order chi connectivity index (χ1) is 14.4. The summed E-state index contributed by atoms with van der Waals surface area (Å²) in [6.07, 6.45) is 0. The number of rotatable bonds is 5. The Morgan fingerprint density at radius 3 is 2.37 bits per heavy atom. The summed E-state index contributed by atoms with van der Waals surface area (Å²) >= 11 is 6.26. The zero-order valence-electron chi connectivity index (χ0n) is 16.0. The van der Waals surface area contributed by atoms with E-state index in [4.69, 9.17) is 16.3 Å². The summed E-state index contributed by atoms with van der Waals surface area (Å²) in [6.45, 7) is 0. The van der Waals surface area contributed by atoms with Crippen LogP contribution in [-0.4, -0.2) is 20.6 Å². The lowest BCUT2D eigenvalue weighted by Crippen LogP contribution is -2.12. The average molecular weight is 440 g/mol. The van der Waals surface area contributed by atoms with Gasteiger partial charge in [0.25, 0.3) is 10.0 Å². The first-order valence-corrected chi connectivity index (χ1v) is 10.9. The third-order valence-electron chi connectivity index (χ3n) is 4.75. The Balaban J connectivity index is 1.90. The smallest absolute Gasteiger partial charge is 0.261 e. The quantitative estimate of drug-likeness (QED) is 0.392. The molecule has 0 atom stereocenters. The van der Waals surface area contributed by atoms with E-state index in [2.05, 4.69) is 4.72 Å². The number of phenols is 1. The van der Waals surface area contributed by atoms with E-state index in [1.807, 2.05) is 30.3 Å². The van der Waals surface area contributed by atoms with E-state index in [9.17, 15) is 13.5 Å². The molecule has 0 saturated heterocycles. The first kappa shape index (κ1) is 20.1. The minimum absolute atomic E-state index is 0.0215. The molecule has 2 N–H and O–H groups in total. The van der Waals surface area contributed by atoms with Crippen LogP contribution in [0.4, 0.5) is 5.69 Å². The number of phenolic OH excluding ortho intramolecular Hbond substituents is 1. The second kappa shape index (κ2) is 7.89. The van der Waals surface area contributed by atoms with Gasteiger partial charge in [0.2, 0.25) is 0 Å². The van der Waals surface area contributed by atoms with Gasteiger partial charge in [0, 0.05) is 11.1 Å². The Labute approximate surface area is 179 Å². The summed E-state index contributed by atoms with van der Waals surface area (Å²) in [4.78, 5) is 0.124. The summed E-state index contributed by atoms with van der Waals surface area (Å²) < 4.78 is 33.5. The number of aromatic hydroxyl groups is 1. The number of hydrogen-bond acceptors (Lipinski definition) is 4. The molecular weight excluding hydrogens is 422 g/mol. The molecule has 0 spiro atoms. The van der Waals surface area contributed by atoms with Gasteiger partial charge in [-0.3, -0.25) is 4.72 Å². The minimum Gasteiger partial charge on any atom is -0.506 e. The number of sulfonamides is 1. The van der Waals surface area contributed by atoms with Crippen molar-refractivity contribution in [3.8, 4) is 22.6 Å². The van der Waals surface area contributed by atoms with Gasteiger partial charge in [0.05, 0.1) is 22.7 Å². The highest BCUT2D eigenvalue weighted by Gasteiger charge is 2.20. The number of nitrogens with one attached hydrogen (secondary N) is 1. The number of ether oxygens (including phenoxy) is 1. The SMILES string of the molecule is COc1ccc2ccccc2c1-c1cc(NS(=O)(=O)c2ccccc2)cc(Cl)c1O. The Kier molecular flexibility index (Phi) is 5.28. The molecule has 0 aliphatic rings. The molecular formula is C23H18ClNO4S. The maximum Gasteiger partial charge on any atom is 0.261 e. The molecule has 7 heteroatoms. The molecule has 0 unspecified atom stereocenters. The van der Waals surface area contributed by atoms with Crippen LogP contribution < -0.4 is 9.46 Å². The highest BCUT2D eigenvalue weighted by Crippen LogP contribution is 2.45. The van der Waals surface area contributed by atoms with Crippen molar-refractivity contribution in [2.75, 3.05) is 11.8 Å². The van der Waals surface area contributed by atoms with Crippen LogP contribution in [-0.2, 0) is 10.0 Å². The van der Waals surface area contributed by atoms with Crippen molar-refractivity contribution in [1.82, 2.24) is 0 Å². The fourth-order valence-electron chi connectivity index (χ4n) is 3.36. The van der Waals surface area contributed by atoms with Gasteiger partial charge in [-0.2, -0.15) is 0 Å². The molecule has 0 amide bonds. The molecule has 30 heavy (non-hydrogen) atoms. The van der Waals surface area contributed by atoms with Gasteiger partial charge in [-0.1, -0.05) is 60.1 Å². The van der Waals surface area contributed by atoms with Gasteiger partial charge in [-0.05, 0) is 41.1 Å². The van der Waals surface area contributed by atoms with Crippen LogP contribution in [0.15, 0.2) is 83.8 Å². The molecule has 152 valence electrons. The monoisotopic (exact) mass is 439 g/mol. The maximum atomic E-state index is 12.7. The molecule has 0 aliphatic heterocycles. The zero-order chi connectivity index (χ0) is 21.3. The van der Waals surface area contributed by atoms with Gasteiger partial charge >= 0.3 is 0 Å². The molecule has 0 aliphatic carbocycles. The van der Waals surface area contributed by atoms with E-state index < -0.39 is 10.0 Å². The Morgan fingerprint density at radius 2 is 1.63 bits per heavy atom. The second-order valence-electron chi connectivity index (χ2n) is 6.64. The van der Waals surface area contributed by atoms with E-state index in [-0.39, 0.29) is 21.4 Å². The Morgan fingerprint density at radius 1 is 0.933 bits per heavy atom. The van der Waals surface area contributed by atoms with Crippen molar-refractivity contribution < 1.29 is 18.3 Å². The highest BCUT2D eigenvalue weighted by atomic mass is 35.5. The number of anilines is 1. The molecule has 0 heterocycles. The number of hydrogen-bond donors (Lipinski definition) is 2. The van der Waals surface area contributed by atoms with Crippen LogP contribution in [0.1, 0.15) is 0 Å². The molecule has 0 saturated carbocycles. The molecule has 0 aromatic heterocycles. The lowest BCUT2D eigenvalue weighted by Gasteiger charge is -2.16. The highest BCUT2D eigenvalue weighted by molar-refractivity contribution is 7.92. The van der Waals surface area contributed by atoms with Crippen molar-refractivity contribution in [2.45, 2.75) is 4.90 Å². The van der Waals surface area contributed by atoms with Crippen LogP contribution in [0.5, 0.6) is 11.5 Å². The van der Waals surface area contributed by atoms with Crippen LogP contribution in [0, 0.1) is 0 Å². The summed E-state index contributed by atoms with van der Waals surface area (Å²) in [5.74, 6) is 0.372. The van der Waals surface area contributed by atoms with Gasteiger partial charge < -0.3 is 9.84 Å². The fourth-order valence-corrected chi connectivity index (χ4v) is 4.64. The predicted molar refractivity (Wildman–Crippen MR) is 120 cm³/mol. The van der Waals surface area contributed by atoms with Crippen molar-refractivity contribution in [1.29, 1.82) is 0 Å². The Bertz CT molecular complexity index is 1340. The van der Waals surface area contributed by atoms with Gasteiger partial charge in [-0.25, -0.2) is 8.42 Å². The van der Waals surface area contributed by atoms with Crippen molar-refractivity contribution in [3.05, 3.63) is 83.9 Å². The average Bonchev–Trinajstić information content (AvgIpc) is 2.76. The second-order valence-corrected chi connectivity index (χ2v) is 8.73. The van der Waals surface area contributed by atoms with Gasteiger partial charge in [-0.15, -0.1) is 0 Å². The fraction of sp³-hybridized carbons (Fsp3) is 0.0435. The molecule has 0 radical (unpaired) electrons.